The first-order valence-corrected chi connectivity index (χ1v) is 8.07. The van der Waals surface area contributed by atoms with Gasteiger partial charge in [0.1, 0.15) is 5.52 Å². The second-order valence-corrected chi connectivity index (χ2v) is 6.84. The minimum atomic E-state index is -3.68. The van der Waals surface area contributed by atoms with Gasteiger partial charge in [-0.05, 0) is 31.5 Å². The minimum absolute atomic E-state index is 0. The first-order chi connectivity index (χ1) is 9.59. The van der Waals surface area contributed by atoms with Crippen LogP contribution in [0.25, 0.3) is 11.1 Å². The van der Waals surface area contributed by atoms with Crippen LogP contribution in [0.5, 0.6) is 0 Å². The molecule has 0 spiro atoms. The number of halogens is 1. The summed E-state index contributed by atoms with van der Waals surface area (Å²) in [6.07, 6.45) is 1.82. The SMILES string of the molecule is CN(C1CCCNC1)S(=O)(=O)c1nc2ccccc2o1.Cl. The summed E-state index contributed by atoms with van der Waals surface area (Å²) >= 11 is 0. The monoisotopic (exact) mass is 331 g/mol. The Balaban J connectivity index is 0.00000161. The Morgan fingerprint density at radius 1 is 1.38 bits per heavy atom. The summed E-state index contributed by atoms with van der Waals surface area (Å²) in [6.45, 7) is 1.60. The quantitative estimate of drug-likeness (QED) is 0.925. The second kappa shape index (κ2) is 6.31. The summed E-state index contributed by atoms with van der Waals surface area (Å²) < 4.78 is 31.8. The topological polar surface area (TPSA) is 75.4 Å². The van der Waals surface area contributed by atoms with Crippen LogP contribution in [0, 0.1) is 0 Å². The Labute approximate surface area is 130 Å². The summed E-state index contributed by atoms with van der Waals surface area (Å²) in [4.78, 5) is 4.08. The average molecular weight is 332 g/mol. The lowest BCUT2D eigenvalue weighted by Crippen LogP contribution is -2.46. The molecule has 2 aromatic rings. The molecule has 0 bridgehead atoms. The molecule has 1 aromatic heterocycles. The van der Waals surface area contributed by atoms with Gasteiger partial charge in [-0.2, -0.15) is 9.29 Å². The molecule has 0 radical (unpaired) electrons. The summed E-state index contributed by atoms with van der Waals surface area (Å²) in [5, 5.41) is 2.98. The number of likely N-dealkylation sites (N-methyl/N-ethyl adjacent to an activating group) is 1. The summed E-state index contributed by atoms with van der Waals surface area (Å²) in [7, 11) is -2.10. The number of fused-ring (bicyclic) bond motifs is 1. The molecule has 8 heteroatoms. The van der Waals surface area contributed by atoms with E-state index in [2.05, 4.69) is 10.3 Å². The van der Waals surface area contributed by atoms with E-state index in [0.717, 1.165) is 19.4 Å². The molecule has 1 unspecified atom stereocenters. The summed E-state index contributed by atoms with van der Waals surface area (Å²) in [5.74, 6) is 0. The van der Waals surface area contributed by atoms with Gasteiger partial charge in [-0.15, -0.1) is 12.4 Å². The van der Waals surface area contributed by atoms with Gasteiger partial charge in [0.2, 0.25) is 0 Å². The molecule has 116 valence electrons. The molecule has 1 aliphatic heterocycles. The Bertz CT molecular complexity index is 677. The maximum Gasteiger partial charge on any atom is 0.332 e. The van der Waals surface area contributed by atoms with E-state index in [1.54, 1.807) is 31.3 Å². The van der Waals surface area contributed by atoms with Gasteiger partial charge in [-0.3, -0.25) is 0 Å². The molecule has 21 heavy (non-hydrogen) atoms. The number of piperidine rings is 1. The first-order valence-electron chi connectivity index (χ1n) is 6.63. The highest BCUT2D eigenvalue weighted by Gasteiger charge is 2.32. The molecule has 1 aliphatic rings. The van der Waals surface area contributed by atoms with Crippen LogP contribution >= 0.6 is 12.4 Å². The van der Waals surface area contributed by atoms with E-state index in [-0.39, 0.29) is 23.7 Å². The number of para-hydroxylation sites is 2. The molecule has 2 heterocycles. The van der Waals surface area contributed by atoms with Gasteiger partial charge >= 0.3 is 5.22 Å². The zero-order valence-electron chi connectivity index (χ0n) is 11.7. The van der Waals surface area contributed by atoms with E-state index in [1.807, 2.05) is 0 Å². The largest absolute Gasteiger partial charge is 0.427 e. The van der Waals surface area contributed by atoms with Crippen LogP contribution in [0.4, 0.5) is 0 Å². The number of nitrogens with zero attached hydrogens (tertiary/aromatic N) is 2. The van der Waals surface area contributed by atoms with E-state index in [0.29, 0.717) is 17.6 Å². The predicted octanol–water partition coefficient (Wildman–Crippen LogP) is 1.62. The Hall–Kier alpha value is -1.15. The van der Waals surface area contributed by atoms with Crippen LogP contribution in [0.1, 0.15) is 12.8 Å². The first kappa shape index (κ1) is 16.2. The van der Waals surface area contributed by atoms with E-state index in [4.69, 9.17) is 4.42 Å². The van der Waals surface area contributed by atoms with Crippen molar-refractivity contribution in [2.45, 2.75) is 24.1 Å². The molecule has 0 saturated carbocycles. The van der Waals surface area contributed by atoms with E-state index < -0.39 is 10.0 Å². The molecule has 1 saturated heterocycles. The van der Waals surface area contributed by atoms with Gasteiger partial charge in [-0.1, -0.05) is 12.1 Å². The summed E-state index contributed by atoms with van der Waals surface area (Å²) in [5.41, 5.74) is 1.04. The zero-order valence-corrected chi connectivity index (χ0v) is 13.3. The van der Waals surface area contributed by atoms with Gasteiger partial charge in [0.15, 0.2) is 5.58 Å². The van der Waals surface area contributed by atoms with Crippen LogP contribution in [0.3, 0.4) is 0 Å². The predicted molar refractivity (Wildman–Crippen MR) is 82.1 cm³/mol. The second-order valence-electron chi connectivity index (χ2n) is 4.97. The average Bonchev–Trinajstić information content (AvgIpc) is 2.92. The van der Waals surface area contributed by atoms with E-state index in [9.17, 15) is 8.42 Å². The number of sulfonamides is 1. The maximum atomic E-state index is 12.5. The number of hydrogen-bond donors (Lipinski definition) is 1. The zero-order chi connectivity index (χ0) is 14.2. The molecule has 3 rings (SSSR count). The minimum Gasteiger partial charge on any atom is -0.427 e. The van der Waals surface area contributed by atoms with Gasteiger partial charge in [0.05, 0.1) is 0 Å². The highest BCUT2D eigenvalue weighted by atomic mass is 35.5. The van der Waals surface area contributed by atoms with Crippen molar-refractivity contribution < 1.29 is 12.8 Å². The van der Waals surface area contributed by atoms with E-state index >= 15 is 0 Å². The van der Waals surface area contributed by atoms with Crippen molar-refractivity contribution in [3.05, 3.63) is 24.3 Å². The van der Waals surface area contributed by atoms with Gasteiger partial charge in [0.25, 0.3) is 10.0 Å². The Kier molecular flexibility index (Phi) is 4.88. The summed E-state index contributed by atoms with van der Waals surface area (Å²) in [6, 6.07) is 6.99. The van der Waals surface area contributed by atoms with Crippen LogP contribution in [0.2, 0.25) is 0 Å². The maximum absolute atomic E-state index is 12.5. The number of rotatable bonds is 3. The van der Waals surface area contributed by atoms with Crippen molar-refractivity contribution in [3.8, 4) is 0 Å². The van der Waals surface area contributed by atoms with Crippen molar-refractivity contribution in [1.29, 1.82) is 0 Å². The highest BCUT2D eigenvalue weighted by Crippen LogP contribution is 2.23. The third kappa shape index (κ3) is 3.06. The third-order valence-electron chi connectivity index (χ3n) is 3.66. The van der Waals surface area contributed by atoms with Crippen LogP contribution in [-0.4, -0.2) is 43.9 Å². The van der Waals surface area contributed by atoms with Gasteiger partial charge in [0, 0.05) is 19.6 Å². The van der Waals surface area contributed by atoms with Gasteiger partial charge in [-0.25, -0.2) is 8.42 Å². The number of nitrogens with one attached hydrogen (secondary N) is 1. The molecular formula is C13H18ClN3O3S. The lowest BCUT2D eigenvalue weighted by Gasteiger charge is -2.29. The normalized spacial score (nSPS) is 19.6. The number of benzene rings is 1. The lowest BCUT2D eigenvalue weighted by atomic mass is 10.1. The molecule has 0 amide bonds. The number of hydrogen-bond acceptors (Lipinski definition) is 5. The van der Waals surface area contributed by atoms with Crippen molar-refractivity contribution >= 4 is 33.5 Å². The fourth-order valence-electron chi connectivity index (χ4n) is 2.42. The highest BCUT2D eigenvalue weighted by molar-refractivity contribution is 7.88. The Morgan fingerprint density at radius 2 is 2.14 bits per heavy atom. The van der Waals surface area contributed by atoms with Crippen LogP contribution in [0.15, 0.2) is 33.9 Å². The molecular weight excluding hydrogens is 314 g/mol. The fraction of sp³-hybridized carbons (Fsp3) is 0.462. The van der Waals surface area contributed by atoms with Crippen molar-refractivity contribution in [2.75, 3.05) is 20.1 Å². The van der Waals surface area contributed by atoms with Crippen molar-refractivity contribution in [2.24, 2.45) is 0 Å². The standard InChI is InChI=1S/C13H17N3O3S.ClH/c1-16(10-5-4-8-14-9-10)20(17,18)13-15-11-6-2-3-7-12(11)19-13;/h2-3,6-7,10,14H,4-5,8-9H2,1H3;1H. The molecule has 1 aromatic carbocycles. The molecule has 1 fully saturated rings. The molecule has 1 atom stereocenters. The smallest absolute Gasteiger partial charge is 0.332 e. The van der Waals surface area contributed by atoms with E-state index in [1.165, 1.54) is 4.31 Å². The van der Waals surface area contributed by atoms with Crippen LogP contribution < -0.4 is 5.32 Å². The fourth-order valence-corrected chi connectivity index (χ4v) is 3.65. The molecule has 6 nitrogen and oxygen atoms in total. The van der Waals surface area contributed by atoms with Crippen molar-refractivity contribution in [1.82, 2.24) is 14.6 Å². The molecule has 1 N–H and O–H groups in total. The lowest BCUT2D eigenvalue weighted by molar-refractivity contribution is 0.291. The number of oxazole rings is 1. The number of aromatic nitrogens is 1. The Morgan fingerprint density at radius 3 is 2.81 bits per heavy atom. The van der Waals surface area contributed by atoms with Crippen molar-refractivity contribution in [3.63, 3.8) is 0 Å². The third-order valence-corrected chi connectivity index (χ3v) is 5.33. The van der Waals surface area contributed by atoms with Crippen LogP contribution in [-0.2, 0) is 10.0 Å². The molecule has 0 aliphatic carbocycles. The van der Waals surface area contributed by atoms with Gasteiger partial charge < -0.3 is 9.73 Å².